The van der Waals surface area contributed by atoms with Gasteiger partial charge in [0.2, 0.25) is 5.91 Å². The summed E-state index contributed by atoms with van der Waals surface area (Å²) in [6.45, 7) is 4.45. The summed E-state index contributed by atoms with van der Waals surface area (Å²) in [6, 6.07) is 16.9. The Morgan fingerprint density at radius 3 is 2.52 bits per heavy atom. The van der Waals surface area contributed by atoms with Gasteiger partial charge in [0.1, 0.15) is 0 Å². The molecule has 6 heteroatoms. The van der Waals surface area contributed by atoms with Gasteiger partial charge in [-0.15, -0.1) is 0 Å². The molecule has 0 saturated heterocycles. The largest absolute Gasteiger partial charge is 0.315 e. The number of thioether (sulfide) groups is 1. The van der Waals surface area contributed by atoms with Crippen LogP contribution in [0.2, 0.25) is 0 Å². The molecule has 0 aliphatic heterocycles. The van der Waals surface area contributed by atoms with Crippen LogP contribution in [0.25, 0.3) is 10.9 Å². The highest BCUT2D eigenvalue weighted by Crippen LogP contribution is 2.25. The van der Waals surface area contributed by atoms with Crippen LogP contribution >= 0.6 is 11.8 Å². The average molecular weight is 382 g/mol. The van der Waals surface area contributed by atoms with Gasteiger partial charge in [-0.25, -0.2) is 4.98 Å². The molecule has 0 fully saturated rings. The number of hydrogen-bond acceptors (Lipinski definition) is 4. The number of benzene rings is 2. The molecule has 5 nitrogen and oxygen atoms in total. The number of amides is 1. The molecule has 0 aliphatic carbocycles. The van der Waals surface area contributed by atoms with Gasteiger partial charge in [0, 0.05) is 19.3 Å². The van der Waals surface area contributed by atoms with Crippen molar-refractivity contribution in [3.05, 3.63) is 65.0 Å². The Hall–Kier alpha value is -2.60. The Balaban J connectivity index is 1.92. The molecule has 27 heavy (non-hydrogen) atoms. The van der Waals surface area contributed by atoms with E-state index in [1.54, 1.807) is 22.6 Å². The molecule has 1 atom stereocenters. The minimum absolute atomic E-state index is 0.0309. The molecule has 3 aromatic rings. The molecule has 1 amide bonds. The number of carbonyl (C=O) groups is 1. The summed E-state index contributed by atoms with van der Waals surface area (Å²) in [5.41, 5.74) is 1.45. The standard InChI is InChI=1S/C21H23N3O2S/c1-4-14-24-20(26)17-12-8-9-13-18(17)22-21(24)27-15(2)19(25)23(3)16-10-6-5-7-11-16/h5-13,15H,4,14H2,1-3H3. The number of hydrogen-bond donors (Lipinski definition) is 0. The number of nitrogens with zero attached hydrogens (tertiary/aromatic N) is 3. The third kappa shape index (κ3) is 4.06. The van der Waals surface area contributed by atoms with Crippen LogP contribution in [0.1, 0.15) is 20.3 Å². The van der Waals surface area contributed by atoms with Crippen molar-refractivity contribution in [3.8, 4) is 0 Å². The van der Waals surface area contributed by atoms with Crippen molar-refractivity contribution >= 4 is 34.3 Å². The molecule has 2 aromatic carbocycles. The maximum Gasteiger partial charge on any atom is 0.262 e. The van der Waals surface area contributed by atoms with Crippen molar-refractivity contribution in [3.63, 3.8) is 0 Å². The van der Waals surface area contributed by atoms with E-state index in [4.69, 9.17) is 0 Å². The van der Waals surface area contributed by atoms with Crippen LogP contribution in [-0.2, 0) is 11.3 Å². The van der Waals surface area contributed by atoms with Crippen molar-refractivity contribution in [1.82, 2.24) is 9.55 Å². The van der Waals surface area contributed by atoms with E-state index in [0.29, 0.717) is 22.6 Å². The van der Waals surface area contributed by atoms with Crippen molar-refractivity contribution in [1.29, 1.82) is 0 Å². The minimum atomic E-state index is -0.369. The smallest absolute Gasteiger partial charge is 0.262 e. The molecule has 0 radical (unpaired) electrons. The van der Waals surface area contributed by atoms with Crippen molar-refractivity contribution in [2.45, 2.75) is 37.2 Å². The average Bonchev–Trinajstić information content (AvgIpc) is 2.70. The molecule has 1 heterocycles. The summed E-state index contributed by atoms with van der Waals surface area (Å²) < 4.78 is 1.68. The Morgan fingerprint density at radius 2 is 1.81 bits per heavy atom. The molecular formula is C21H23N3O2S. The summed E-state index contributed by atoms with van der Waals surface area (Å²) in [4.78, 5) is 32.0. The molecular weight excluding hydrogens is 358 g/mol. The van der Waals surface area contributed by atoms with Gasteiger partial charge in [-0.3, -0.25) is 14.2 Å². The number of fused-ring (bicyclic) bond motifs is 1. The first-order valence-electron chi connectivity index (χ1n) is 9.01. The molecule has 0 saturated carbocycles. The summed E-state index contributed by atoms with van der Waals surface area (Å²) >= 11 is 1.33. The number of rotatable bonds is 6. The second kappa shape index (κ2) is 8.39. The lowest BCUT2D eigenvalue weighted by atomic mass is 10.2. The predicted molar refractivity (Wildman–Crippen MR) is 111 cm³/mol. The first-order valence-corrected chi connectivity index (χ1v) is 9.89. The maximum absolute atomic E-state index is 12.9. The van der Waals surface area contributed by atoms with Crippen molar-refractivity contribution < 1.29 is 4.79 Å². The van der Waals surface area contributed by atoms with E-state index in [9.17, 15) is 9.59 Å². The zero-order chi connectivity index (χ0) is 19.4. The molecule has 0 N–H and O–H groups in total. The normalized spacial score (nSPS) is 12.1. The fourth-order valence-corrected chi connectivity index (χ4v) is 3.95. The second-order valence-corrected chi connectivity index (χ2v) is 7.67. The molecule has 0 bridgehead atoms. The molecule has 140 valence electrons. The maximum atomic E-state index is 12.9. The minimum Gasteiger partial charge on any atom is -0.315 e. The highest BCUT2D eigenvalue weighted by Gasteiger charge is 2.22. The summed E-state index contributed by atoms with van der Waals surface area (Å²) in [5.74, 6) is -0.0309. The third-order valence-corrected chi connectivity index (χ3v) is 5.46. The van der Waals surface area contributed by atoms with Crippen LogP contribution < -0.4 is 10.5 Å². The first-order chi connectivity index (χ1) is 13.0. The fraction of sp³-hybridized carbons (Fsp3) is 0.286. The van der Waals surface area contributed by atoms with Crippen LogP contribution in [0.3, 0.4) is 0 Å². The van der Waals surface area contributed by atoms with Gasteiger partial charge in [0.15, 0.2) is 5.16 Å². The number of para-hydroxylation sites is 2. The Bertz CT molecular complexity index is 1000. The van der Waals surface area contributed by atoms with Crippen LogP contribution in [0.5, 0.6) is 0 Å². The monoisotopic (exact) mass is 381 g/mol. The topological polar surface area (TPSA) is 55.2 Å². The SMILES string of the molecule is CCCn1c(SC(C)C(=O)N(C)c2ccccc2)nc2ccccc2c1=O. The van der Waals surface area contributed by atoms with E-state index in [0.717, 1.165) is 12.1 Å². The lowest BCUT2D eigenvalue weighted by Gasteiger charge is -2.22. The van der Waals surface area contributed by atoms with Gasteiger partial charge in [0.25, 0.3) is 5.56 Å². The fourth-order valence-electron chi connectivity index (χ4n) is 2.92. The predicted octanol–water partition coefficient (Wildman–Crippen LogP) is 3.95. The van der Waals surface area contributed by atoms with E-state index >= 15 is 0 Å². The Kier molecular flexibility index (Phi) is 5.96. The van der Waals surface area contributed by atoms with Crippen LogP contribution in [0, 0.1) is 0 Å². The van der Waals surface area contributed by atoms with Crippen LogP contribution in [0.15, 0.2) is 64.5 Å². The van der Waals surface area contributed by atoms with Gasteiger partial charge in [-0.05, 0) is 37.6 Å². The summed E-state index contributed by atoms with van der Waals surface area (Å²) in [7, 11) is 1.77. The molecule has 1 aromatic heterocycles. The van der Waals surface area contributed by atoms with E-state index < -0.39 is 0 Å². The third-order valence-electron chi connectivity index (χ3n) is 4.38. The zero-order valence-corrected chi connectivity index (χ0v) is 16.6. The number of aromatic nitrogens is 2. The first kappa shape index (κ1) is 19.2. The highest BCUT2D eigenvalue weighted by molar-refractivity contribution is 8.00. The Morgan fingerprint density at radius 1 is 1.15 bits per heavy atom. The quantitative estimate of drug-likeness (QED) is 0.479. The number of anilines is 1. The summed E-state index contributed by atoms with van der Waals surface area (Å²) in [5, 5.41) is 0.824. The van der Waals surface area contributed by atoms with Gasteiger partial charge in [-0.2, -0.15) is 0 Å². The lowest BCUT2D eigenvalue weighted by Crippen LogP contribution is -2.34. The van der Waals surface area contributed by atoms with E-state index in [2.05, 4.69) is 4.98 Å². The lowest BCUT2D eigenvalue weighted by molar-refractivity contribution is -0.117. The highest BCUT2D eigenvalue weighted by atomic mass is 32.2. The van der Waals surface area contributed by atoms with Crippen LogP contribution in [0.4, 0.5) is 5.69 Å². The van der Waals surface area contributed by atoms with Crippen molar-refractivity contribution in [2.75, 3.05) is 11.9 Å². The van der Waals surface area contributed by atoms with E-state index in [1.165, 1.54) is 11.8 Å². The molecule has 1 unspecified atom stereocenters. The second-order valence-electron chi connectivity index (χ2n) is 6.36. The summed E-state index contributed by atoms with van der Waals surface area (Å²) in [6.07, 6.45) is 0.819. The number of carbonyl (C=O) groups excluding carboxylic acids is 1. The Labute approximate surface area is 163 Å². The molecule has 0 spiro atoms. The molecule has 3 rings (SSSR count). The van der Waals surface area contributed by atoms with E-state index in [-0.39, 0.29) is 16.7 Å². The zero-order valence-electron chi connectivity index (χ0n) is 15.8. The molecule has 0 aliphatic rings. The van der Waals surface area contributed by atoms with Gasteiger partial charge in [0.05, 0.1) is 16.2 Å². The van der Waals surface area contributed by atoms with Gasteiger partial charge >= 0.3 is 0 Å². The van der Waals surface area contributed by atoms with Crippen LogP contribution in [-0.4, -0.2) is 27.8 Å². The van der Waals surface area contributed by atoms with E-state index in [1.807, 2.05) is 62.4 Å². The van der Waals surface area contributed by atoms with Crippen molar-refractivity contribution in [2.24, 2.45) is 0 Å². The van der Waals surface area contributed by atoms with Gasteiger partial charge < -0.3 is 4.90 Å². The van der Waals surface area contributed by atoms with Gasteiger partial charge in [-0.1, -0.05) is 49.0 Å².